The largest absolute Gasteiger partial charge is 0.481 e. The van der Waals surface area contributed by atoms with Gasteiger partial charge < -0.3 is 20.5 Å². The molecule has 6 nitrogen and oxygen atoms in total. The van der Waals surface area contributed by atoms with Gasteiger partial charge in [0.2, 0.25) is 0 Å². The first-order valence-electron chi connectivity index (χ1n) is 6.48. The van der Waals surface area contributed by atoms with Gasteiger partial charge in [0.1, 0.15) is 11.2 Å². The van der Waals surface area contributed by atoms with Gasteiger partial charge >= 0.3 is 12.0 Å². The fourth-order valence-electron chi connectivity index (χ4n) is 2.13. The van der Waals surface area contributed by atoms with E-state index in [9.17, 15) is 19.1 Å². The first kappa shape index (κ1) is 15.2. The number of halogens is 1. The van der Waals surface area contributed by atoms with Gasteiger partial charge in [0, 0.05) is 5.69 Å². The zero-order chi connectivity index (χ0) is 15.6. The Morgan fingerprint density at radius 1 is 1.48 bits per heavy atom. The number of nitrogens with one attached hydrogen (secondary N) is 2. The van der Waals surface area contributed by atoms with Crippen molar-refractivity contribution in [1.82, 2.24) is 5.32 Å². The summed E-state index contributed by atoms with van der Waals surface area (Å²) in [5, 5.41) is 14.4. The first-order valence-corrected chi connectivity index (χ1v) is 6.48. The van der Waals surface area contributed by atoms with E-state index in [0.717, 1.165) is 0 Å². The molecule has 0 aliphatic carbocycles. The predicted octanol–water partition coefficient (Wildman–Crippen LogP) is 1.75. The van der Waals surface area contributed by atoms with E-state index in [1.54, 1.807) is 6.92 Å². The van der Waals surface area contributed by atoms with Crippen LogP contribution in [0.1, 0.15) is 12.5 Å². The molecule has 2 amide bonds. The van der Waals surface area contributed by atoms with Gasteiger partial charge in [-0.05, 0) is 37.6 Å². The van der Waals surface area contributed by atoms with E-state index in [0.29, 0.717) is 11.3 Å². The third-order valence-corrected chi connectivity index (χ3v) is 3.67. The van der Waals surface area contributed by atoms with Gasteiger partial charge in [-0.15, -0.1) is 0 Å². The van der Waals surface area contributed by atoms with E-state index in [-0.39, 0.29) is 19.0 Å². The van der Waals surface area contributed by atoms with Crippen LogP contribution in [0.2, 0.25) is 0 Å². The molecule has 7 heteroatoms. The monoisotopic (exact) mass is 296 g/mol. The van der Waals surface area contributed by atoms with E-state index in [1.807, 2.05) is 0 Å². The Bertz CT molecular complexity index is 578. The molecule has 1 saturated heterocycles. The van der Waals surface area contributed by atoms with E-state index in [2.05, 4.69) is 10.6 Å². The molecule has 1 aliphatic heterocycles. The molecule has 1 fully saturated rings. The summed E-state index contributed by atoms with van der Waals surface area (Å²) in [4.78, 5) is 23.2. The molecule has 0 bridgehead atoms. The number of carboxylic acid groups (broad SMARTS) is 1. The van der Waals surface area contributed by atoms with E-state index in [4.69, 9.17) is 4.74 Å². The smallest absolute Gasteiger partial charge is 0.319 e. The molecule has 2 unspecified atom stereocenters. The standard InChI is InChI=1S/C14H17FN2O4/c1-8-5-9(3-4-10(8)15)16-13(20)17-11-6-21-7-14(11,2)12(18)19/h3-5,11H,6-7H2,1-2H3,(H,18,19)(H2,16,17,20). The normalized spacial score (nSPS) is 24.6. The molecule has 0 spiro atoms. The number of hydrogen-bond acceptors (Lipinski definition) is 3. The molecule has 1 aliphatic rings. The number of hydrogen-bond donors (Lipinski definition) is 3. The van der Waals surface area contributed by atoms with Gasteiger partial charge in [0.05, 0.1) is 19.3 Å². The number of amides is 2. The lowest BCUT2D eigenvalue weighted by atomic mass is 9.85. The second-order valence-electron chi connectivity index (χ2n) is 5.35. The van der Waals surface area contributed by atoms with Crippen LogP contribution in [-0.2, 0) is 9.53 Å². The van der Waals surface area contributed by atoms with Gasteiger partial charge in [-0.1, -0.05) is 0 Å². The highest BCUT2D eigenvalue weighted by atomic mass is 19.1. The number of carbonyl (C=O) groups excluding carboxylic acids is 1. The zero-order valence-electron chi connectivity index (χ0n) is 11.8. The summed E-state index contributed by atoms with van der Waals surface area (Å²) in [5.41, 5.74) is -0.314. The maximum atomic E-state index is 13.1. The number of urea groups is 1. The Kier molecular flexibility index (Phi) is 4.13. The number of anilines is 1. The average molecular weight is 296 g/mol. The van der Waals surface area contributed by atoms with Crippen LogP contribution in [0, 0.1) is 18.2 Å². The van der Waals surface area contributed by atoms with Crippen molar-refractivity contribution >= 4 is 17.7 Å². The summed E-state index contributed by atoms with van der Waals surface area (Å²) in [5.74, 6) is -1.38. The Balaban J connectivity index is 2.01. The Labute approximate surface area is 121 Å². The van der Waals surface area contributed by atoms with Crippen molar-refractivity contribution in [2.45, 2.75) is 19.9 Å². The van der Waals surface area contributed by atoms with E-state index >= 15 is 0 Å². The van der Waals surface area contributed by atoms with Crippen molar-refractivity contribution in [2.24, 2.45) is 5.41 Å². The number of aliphatic carboxylic acids is 1. The molecule has 2 atom stereocenters. The SMILES string of the molecule is Cc1cc(NC(=O)NC2COCC2(C)C(=O)O)ccc1F. The van der Waals surface area contributed by atoms with Crippen molar-refractivity contribution in [3.8, 4) is 0 Å². The van der Waals surface area contributed by atoms with Crippen molar-refractivity contribution in [3.63, 3.8) is 0 Å². The van der Waals surface area contributed by atoms with Gasteiger partial charge in [0.15, 0.2) is 0 Å². The number of aryl methyl sites for hydroxylation is 1. The summed E-state index contributed by atoms with van der Waals surface area (Å²) < 4.78 is 18.3. The van der Waals surface area contributed by atoms with Crippen LogP contribution < -0.4 is 10.6 Å². The summed E-state index contributed by atoms with van der Waals surface area (Å²) in [6, 6.07) is 3.01. The summed E-state index contributed by atoms with van der Waals surface area (Å²) >= 11 is 0. The van der Waals surface area contributed by atoms with Crippen molar-refractivity contribution in [2.75, 3.05) is 18.5 Å². The second-order valence-corrected chi connectivity index (χ2v) is 5.35. The molecule has 1 aromatic rings. The van der Waals surface area contributed by atoms with Gasteiger partial charge in [0.25, 0.3) is 0 Å². The fraction of sp³-hybridized carbons (Fsp3) is 0.429. The van der Waals surface area contributed by atoms with Crippen LogP contribution in [0.4, 0.5) is 14.9 Å². The summed E-state index contributed by atoms with van der Waals surface area (Å²) in [7, 11) is 0. The quantitative estimate of drug-likeness (QED) is 0.793. The van der Waals surface area contributed by atoms with Crippen molar-refractivity contribution in [3.05, 3.63) is 29.6 Å². The summed E-state index contributed by atoms with van der Waals surface area (Å²) in [6.07, 6.45) is 0. The third kappa shape index (κ3) is 3.13. The lowest BCUT2D eigenvalue weighted by molar-refractivity contribution is -0.148. The minimum Gasteiger partial charge on any atom is -0.481 e. The van der Waals surface area contributed by atoms with Crippen LogP contribution in [0.3, 0.4) is 0 Å². The van der Waals surface area contributed by atoms with E-state index < -0.39 is 23.5 Å². The minimum atomic E-state index is -1.16. The van der Waals surface area contributed by atoms with Gasteiger partial charge in [-0.25, -0.2) is 9.18 Å². The lowest BCUT2D eigenvalue weighted by Crippen LogP contribution is -2.50. The fourth-order valence-corrected chi connectivity index (χ4v) is 2.13. The van der Waals surface area contributed by atoms with Gasteiger partial charge in [-0.2, -0.15) is 0 Å². The molecule has 21 heavy (non-hydrogen) atoms. The molecule has 114 valence electrons. The lowest BCUT2D eigenvalue weighted by Gasteiger charge is -2.25. The highest BCUT2D eigenvalue weighted by Gasteiger charge is 2.47. The molecule has 1 heterocycles. The van der Waals surface area contributed by atoms with E-state index in [1.165, 1.54) is 25.1 Å². The predicted molar refractivity (Wildman–Crippen MR) is 73.6 cm³/mol. The highest BCUT2D eigenvalue weighted by molar-refractivity contribution is 5.90. The number of rotatable bonds is 3. The van der Waals surface area contributed by atoms with Gasteiger partial charge in [-0.3, -0.25) is 4.79 Å². The van der Waals surface area contributed by atoms with Crippen LogP contribution in [0.15, 0.2) is 18.2 Å². The molecule has 3 N–H and O–H groups in total. The molecule has 2 rings (SSSR count). The van der Waals surface area contributed by atoms with Crippen molar-refractivity contribution < 1.29 is 23.8 Å². The molecule has 1 aromatic carbocycles. The highest BCUT2D eigenvalue weighted by Crippen LogP contribution is 2.28. The van der Waals surface area contributed by atoms with Crippen LogP contribution in [-0.4, -0.2) is 36.4 Å². The molecule has 0 radical (unpaired) electrons. The first-order chi connectivity index (χ1) is 9.83. The maximum absolute atomic E-state index is 13.1. The molecular formula is C14H17FN2O4. The topological polar surface area (TPSA) is 87.7 Å². The number of carbonyl (C=O) groups is 2. The number of ether oxygens (including phenoxy) is 1. The average Bonchev–Trinajstić information content (AvgIpc) is 2.77. The Hall–Kier alpha value is -2.15. The summed E-state index contributed by atoms with van der Waals surface area (Å²) in [6.45, 7) is 3.29. The number of carboxylic acids is 1. The van der Waals surface area contributed by atoms with Crippen molar-refractivity contribution in [1.29, 1.82) is 0 Å². The molecule has 0 saturated carbocycles. The molecular weight excluding hydrogens is 279 g/mol. The molecule has 0 aromatic heterocycles. The second kappa shape index (κ2) is 5.69. The Morgan fingerprint density at radius 3 is 2.81 bits per heavy atom. The maximum Gasteiger partial charge on any atom is 0.319 e. The third-order valence-electron chi connectivity index (χ3n) is 3.67. The van der Waals surface area contributed by atoms with Crippen LogP contribution in [0.25, 0.3) is 0 Å². The Morgan fingerprint density at radius 2 is 2.19 bits per heavy atom. The van der Waals surface area contributed by atoms with Crippen LogP contribution >= 0.6 is 0 Å². The zero-order valence-corrected chi connectivity index (χ0v) is 11.8. The van der Waals surface area contributed by atoms with Crippen LogP contribution in [0.5, 0.6) is 0 Å². The minimum absolute atomic E-state index is 0.0446. The number of benzene rings is 1.